The molecule has 3 amide bonds. The van der Waals surface area contributed by atoms with E-state index in [1.807, 2.05) is 24.3 Å². The third kappa shape index (κ3) is 7.37. The molecule has 0 unspecified atom stereocenters. The summed E-state index contributed by atoms with van der Waals surface area (Å²) in [5, 5.41) is 3.18. The van der Waals surface area contributed by atoms with Crippen LogP contribution < -0.4 is 15.8 Å². The minimum Gasteiger partial charge on any atom is -0.457 e. The number of rotatable bonds is 9. The molecule has 5 rings (SSSR count). The number of ether oxygens (including phenoxy) is 1. The highest BCUT2D eigenvalue weighted by atomic mass is 16.5. The molecule has 0 saturated carbocycles. The van der Waals surface area contributed by atoms with E-state index in [1.54, 1.807) is 48.2 Å². The first-order chi connectivity index (χ1) is 19.8. The first kappa shape index (κ1) is 28.0. The average Bonchev–Trinajstić information content (AvgIpc) is 3.58. The van der Waals surface area contributed by atoms with Gasteiger partial charge in [-0.15, -0.1) is 0 Å². The fourth-order valence-corrected chi connectivity index (χ4v) is 5.22. The number of hydrogen-bond donors (Lipinski definition) is 2. The standard InChI is InChI=1S/C32H35N5O4/c1-22(33)34-31(39)24-11-13-28(14-12-24)41-29-18-25(9-10-26(29)20-37-16-5-8-30(37)38)32(40)35-27-15-17-36(21-27)19-23-6-3-2-4-7-23/h2-4,6-7,9-14,18,27H,5,8,15-17,19-21H2,1H3,(H,35,40)(H2,33,34,39)/t27-/m1/s1. The van der Waals surface area contributed by atoms with Crippen LogP contribution in [0.15, 0.2) is 77.8 Å². The summed E-state index contributed by atoms with van der Waals surface area (Å²) in [6.07, 6.45) is 2.26. The smallest absolute Gasteiger partial charge is 0.278 e. The fourth-order valence-electron chi connectivity index (χ4n) is 5.22. The van der Waals surface area contributed by atoms with Crippen LogP contribution in [-0.4, -0.2) is 59.0 Å². The second-order valence-electron chi connectivity index (χ2n) is 10.6. The maximum atomic E-state index is 13.3. The van der Waals surface area contributed by atoms with Gasteiger partial charge in [0.25, 0.3) is 11.8 Å². The third-order valence-corrected chi connectivity index (χ3v) is 7.33. The van der Waals surface area contributed by atoms with Gasteiger partial charge in [0.15, 0.2) is 0 Å². The van der Waals surface area contributed by atoms with Gasteiger partial charge in [0.05, 0.1) is 0 Å². The number of carbonyl (C=O) groups is 3. The summed E-state index contributed by atoms with van der Waals surface area (Å²) in [6.45, 7) is 5.22. The molecule has 212 valence electrons. The van der Waals surface area contributed by atoms with Crippen LogP contribution in [0.1, 0.15) is 58.0 Å². The number of aliphatic imine (C=N–C) groups is 1. The van der Waals surface area contributed by atoms with E-state index in [0.29, 0.717) is 42.1 Å². The maximum Gasteiger partial charge on any atom is 0.278 e. The van der Waals surface area contributed by atoms with Crippen molar-refractivity contribution in [2.45, 2.75) is 45.3 Å². The van der Waals surface area contributed by atoms with Crippen molar-refractivity contribution in [1.82, 2.24) is 15.1 Å². The molecule has 3 N–H and O–H groups in total. The molecule has 0 bridgehead atoms. The van der Waals surface area contributed by atoms with E-state index in [-0.39, 0.29) is 23.7 Å². The minimum atomic E-state index is -0.433. The van der Waals surface area contributed by atoms with Gasteiger partial charge in [0.2, 0.25) is 5.91 Å². The van der Waals surface area contributed by atoms with Crippen molar-refractivity contribution < 1.29 is 19.1 Å². The van der Waals surface area contributed by atoms with Gasteiger partial charge >= 0.3 is 0 Å². The van der Waals surface area contributed by atoms with Crippen molar-refractivity contribution in [3.05, 3.63) is 95.1 Å². The number of carbonyl (C=O) groups excluding carboxylic acids is 3. The predicted octanol–water partition coefficient (Wildman–Crippen LogP) is 4.12. The van der Waals surface area contributed by atoms with Crippen LogP contribution in [0.3, 0.4) is 0 Å². The second-order valence-corrected chi connectivity index (χ2v) is 10.6. The Kier molecular flexibility index (Phi) is 8.74. The van der Waals surface area contributed by atoms with E-state index in [9.17, 15) is 14.4 Å². The second kappa shape index (κ2) is 12.8. The monoisotopic (exact) mass is 553 g/mol. The zero-order chi connectivity index (χ0) is 28.8. The molecule has 1 atom stereocenters. The van der Waals surface area contributed by atoms with Crippen molar-refractivity contribution in [3.63, 3.8) is 0 Å². The summed E-state index contributed by atoms with van der Waals surface area (Å²) in [5.74, 6) is 0.683. The molecule has 0 radical (unpaired) electrons. The van der Waals surface area contributed by atoms with E-state index < -0.39 is 5.91 Å². The number of amides is 3. The molecule has 2 heterocycles. The molecule has 41 heavy (non-hydrogen) atoms. The van der Waals surface area contributed by atoms with E-state index in [2.05, 4.69) is 27.3 Å². The molecule has 2 fully saturated rings. The lowest BCUT2D eigenvalue weighted by Crippen LogP contribution is -2.37. The first-order valence-corrected chi connectivity index (χ1v) is 13.9. The highest BCUT2D eigenvalue weighted by Crippen LogP contribution is 2.29. The summed E-state index contributed by atoms with van der Waals surface area (Å²) in [4.78, 5) is 45.7. The Morgan fingerprint density at radius 3 is 2.46 bits per heavy atom. The number of nitrogens with two attached hydrogens (primary N) is 1. The summed E-state index contributed by atoms with van der Waals surface area (Å²) in [6, 6.07) is 22.3. The van der Waals surface area contributed by atoms with Crippen molar-refractivity contribution in [1.29, 1.82) is 0 Å². The highest BCUT2D eigenvalue weighted by Gasteiger charge is 2.26. The van der Waals surface area contributed by atoms with Gasteiger partial charge in [-0.25, -0.2) is 0 Å². The molecule has 3 aromatic rings. The zero-order valence-electron chi connectivity index (χ0n) is 23.2. The lowest BCUT2D eigenvalue weighted by Gasteiger charge is -2.20. The predicted molar refractivity (Wildman–Crippen MR) is 157 cm³/mol. The van der Waals surface area contributed by atoms with Gasteiger partial charge in [-0.1, -0.05) is 36.4 Å². The maximum absolute atomic E-state index is 13.3. The van der Waals surface area contributed by atoms with Crippen LogP contribution in [-0.2, 0) is 17.9 Å². The van der Waals surface area contributed by atoms with Crippen molar-refractivity contribution in [2.75, 3.05) is 19.6 Å². The van der Waals surface area contributed by atoms with Crippen LogP contribution in [0.25, 0.3) is 0 Å². The van der Waals surface area contributed by atoms with Crippen LogP contribution >= 0.6 is 0 Å². The molecule has 2 aliphatic heterocycles. The molecule has 0 spiro atoms. The van der Waals surface area contributed by atoms with Crippen LogP contribution in [0.5, 0.6) is 11.5 Å². The Hall–Kier alpha value is -4.50. The van der Waals surface area contributed by atoms with Gasteiger partial charge in [0.1, 0.15) is 17.3 Å². The van der Waals surface area contributed by atoms with E-state index >= 15 is 0 Å². The van der Waals surface area contributed by atoms with Gasteiger partial charge in [0, 0.05) is 61.9 Å². The third-order valence-electron chi connectivity index (χ3n) is 7.33. The van der Waals surface area contributed by atoms with Gasteiger partial charge in [-0.3, -0.25) is 19.3 Å². The molecule has 2 aliphatic rings. The molecule has 0 aliphatic carbocycles. The summed E-state index contributed by atoms with van der Waals surface area (Å²) < 4.78 is 6.22. The number of benzene rings is 3. The lowest BCUT2D eigenvalue weighted by atomic mass is 10.1. The molecular weight excluding hydrogens is 518 g/mol. The minimum absolute atomic E-state index is 0.0578. The average molecular weight is 554 g/mol. The van der Waals surface area contributed by atoms with Crippen molar-refractivity contribution in [3.8, 4) is 11.5 Å². The van der Waals surface area contributed by atoms with Crippen molar-refractivity contribution >= 4 is 23.6 Å². The van der Waals surface area contributed by atoms with E-state index in [1.165, 1.54) is 5.56 Å². The Labute approximate surface area is 240 Å². The molecule has 3 aromatic carbocycles. The fraction of sp³-hybridized carbons (Fsp3) is 0.312. The van der Waals surface area contributed by atoms with E-state index in [0.717, 1.165) is 38.0 Å². The number of nitrogens with one attached hydrogen (secondary N) is 1. The Morgan fingerprint density at radius 2 is 1.76 bits per heavy atom. The van der Waals surface area contributed by atoms with Crippen LogP contribution in [0, 0.1) is 0 Å². The number of nitrogens with zero attached hydrogens (tertiary/aromatic N) is 3. The summed E-state index contributed by atoms with van der Waals surface area (Å²) in [5.41, 5.74) is 8.45. The summed E-state index contributed by atoms with van der Waals surface area (Å²) in [7, 11) is 0. The van der Waals surface area contributed by atoms with Gasteiger partial charge in [-0.05, 0) is 61.7 Å². The van der Waals surface area contributed by atoms with Crippen molar-refractivity contribution in [2.24, 2.45) is 10.7 Å². The van der Waals surface area contributed by atoms with Gasteiger partial charge < -0.3 is 20.7 Å². The SMILES string of the molecule is CC(N)=NC(=O)c1ccc(Oc2cc(C(=O)N[C@@H]3CCN(Cc4ccccc4)C3)ccc2CN2CCCC2=O)cc1. The molecule has 0 aromatic heterocycles. The van der Waals surface area contributed by atoms with Crippen LogP contribution in [0.2, 0.25) is 0 Å². The Morgan fingerprint density at radius 1 is 1.00 bits per heavy atom. The van der Waals surface area contributed by atoms with Gasteiger partial charge in [-0.2, -0.15) is 4.99 Å². The number of likely N-dealkylation sites (tertiary alicyclic amines) is 2. The Balaban J connectivity index is 1.29. The summed E-state index contributed by atoms with van der Waals surface area (Å²) >= 11 is 0. The van der Waals surface area contributed by atoms with Crippen LogP contribution in [0.4, 0.5) is 0 Å². The lowest BCUT2D eigenvalue weighted by molar-refractivity contribution is -0.128. The first-order valence-electron chi connectivity index (χ1n) is 13.9. The Bertz CT molecular complexity index is 1430. The zero-order valence-corrected chi connectivity index (χ0v) is 23.2. The molecular formula is C32H35N5O4. The molecule has 9 heteroatoms. The normalized spacial score (nSPS) is 17.6. The number of amidine groups is 1. The number of hydrogen-bond acceptors (Lipinski definition) is 5. The molecule has 9 nitrogen and oxygen atoms in total. The largest absolute Gasteiger partial charge is 0.457 e. The topological polar surface area (TPSA) is 117 Å². The van der Waals surface area contributed by atoms with E-state index in [4.69, 9.17) is 10.5 Å². The highest BCUT2D eigenvalue weighted by molar-refractivity contribution is 6.02. The quantitative estimate of drug-likeness (QED) is 0.304. The molecule has 2 saturated heterocycles.